The highest BCUT2D eigenvalue weighted by Crippen LogP contribution is 2.58. The molecule has 104 heavy (non-hydrogen) atoms. The van der Waals surface area contributed by atoms with Crippen molar-refractivity contribution >= 4 is 90.4 Å². The fraction of sp³-hybridized carbons (Fsp3) is 0.684. The lowest BCUT2D eigenvalue weighted by Crippen LogP contribution is -2.16. The van der Waals surface area contributed by atoms with Gasteiger partial charge >= 0.3 is 0 Å². The van der Waals surface area contributed by atoms with Crippen molar-refractivity contribution in [2.24, 2.45) is 0 Å². The van der Waals surface area contributed by atoms with E-state index in [2.05, 4.69) is 115 Å². The number of rotatable bonds is 52. The van der Waals surface area contributed by atoms with Crippen molar-refractivity contribution in [1.29, 1.82) is 0 Å². The van der Waals surface area contributed by atoms with Crippen LogP contribution >= 0.6 is 90.4 Å². The number of halogens is 4. The van der Waals surface area contributed by atoms with Crippen LogP contribution in [-0.2, 0) is 75.8 Å². The Bertz CT molecular complexity index is 2600. The standard InChI is InChI=1S/C76H108I4O24/c1-81-17-21-89-33-37-93-29-25-85-13-5-9-53-57-49-59-54(10-6-14-86-26-30-94-38-34-90-22-18-82-2)61-51-63-56(12-8-16-88-28-32-96-40-36-92-24-20-84-4)64-52-62-55(11-7-15-87-27-31-95-39-35-91-23-19-83-3)60-50-58(53)70-66(78)72(60)100-44-46-102-74(62)68(80)76(64)104-48-47-103-75(63)67(79)73(61)101-45-43-99-71(59)65(77)69(57)97-41-42-98-70/h49-56H,5-48H2,1-4H3. The van der Waals surface area contributed by atoms with E-state index in [-0.39, 0.29) is 76.5 Å². The van der Waals surface area contributed by atoms with Crippen LogP contribution in [0.15, 0.2) is 24.3 Å². The predicted molar refractivity (Wildman–Crippen MR) is 422 cm³/mol. The average Bonchev–Trinajstić information content (AvgIpc) is 1.26. The molecule has 0 N–H and O–H groups in total. The van der Waals surface area contributed by atoms with Crippen molar-refractivity contribution in [1.82, 2.24) is 0 Å². The Morgan fingerprint density at radius 2 is 0.356 bits per heavy atom. The molecule has 0 unspecified atom stereocenters. The first-order valence-corrected chi connectivity index (χ1v) is 41.0. The molecule has 0 fully saturated rings. The Morgan fingerprint density at radius 1 is 0.221 bits per heavy atom. The highest BCUT2D eigenvalue weighted by Gasteiger charge is 2.40. The highest BCUT2D eigenvalue weighted by atomic mass is 127. The molecule has 584 valence electrons. The molecule has 0 radical (unpaired) electrons. The summed E-state index contributed by atoms with van der Waals surface area (Å²) in [6, 6.07) is 9.52. The van der Waals surface area contributed by atoms with Gasteiger partial charge in [-0.1, -0.05) is 0 Å². The molecule has 0 atom stereocenters. The molecular formula is C76H108I4O24. The van der Waals surface area contributed by atoms with Gasteiger partial charge in [0.2, 0.25) is 0 Å². The van der Waals surface area contributed by atoms with Gasteiger partial charge in [0.25, 0.3) is 0 Å². The summed E-state index contributed by atoms with van der Waals surface area (Å²) in [5.74, 6) is 4.89. The van der Waals surface area contributed by atoms with Gasteiger partial charge in [-0.15, -0.1) is 0 Å². The van der Waals surface area contributed by atoms with Crippen LogP contribution in [0.25, 0.3) is 0 Å². The van der Waals surface area contributed by atoms with Crippen LogP contribution in [-0.4, -0.2) is 266 Å². The maximum atomic E-state index is 7.12. The number of ether oxygens (including phenoxy) is 24. The summed E-state index contributed by atoms with van der Waals surface area (Å²) < 4.78 is 153. The maximum absolute atomic E-state index is 7.12. The van der Waals surface area contributed by atoms with E-state index < -0.39 is 0 Å². The fourth-order valence-corrected chi connectivity index (χ4v) is 17.0. The van der Waals surface area contributed by atoms with Crippen LogP contribution in [0.4, 0.5) is 0 Å². The van der Waals surface area contributed by atoms with Crippen molar-refractivity contribution < 1.29 is 114 Å². The smallest absolute Gasteiger partial charge is 0.140 e. The molecule has 0 saturated heterocycles. The Morgan fingerprint density at radius 3 is 0.500 bits per heavy atom. The molecule has 8 bridgehead atoms. The molecule has 9 rings (SSSR count). The van der Waals surface area contributed by atoms with Crippen LogP contribution in [0, 0.1) is 14.3 Å². The molecule has 1 aliphatic carbocycles. The van der Waals surface area contributed by atoms with Gasteiger partial charge in [-0.3, -0.25) is 0 Å². The minimum absolute atomic E-state index is 0.276. The Hall–Kier alpha value is -2.44. The van der Waals surface area contributed by atoms with Crippen LogP contribution < -0.4 is 37.9 Å². The Kier molecular flexibility index (Phi) is 40.9. The second-order valence-electron chi connectivity index (χ2n) is 25.0. The zero-order valence-corrected chi connectivity index (χ0v) is 69.7. The lowest BCUT2D eigenvalue weighted by Gasteiger charge is -2.32. The third kappa shape index (κ3) is 25.8. The molecule has 4 aliphatic heterocycles. The second-order valence-corrected chi connectivity index (χ2v) is 29.3. The monoisotopic (exact) mass is 1910 g/mol. The van der Waals surface area contributed by atoms with E-state index in [1.165, 1.54) is 0 Å². The zero-order valence-electron chi connectivity index (χ0n) is 61.0. The highest BCUT2D eigenvalue weighted by molar-refractivity contribution is 14.1. The third-order valence-corrected chi connectivity index (χ3v) is 22.0. The lowest BCUT2D eigenvalue weighted by molar-refractivity contribution is 0.00318. The summed E-state index contributed by atoms with van der Waals surface area (Å²) in [5.41, 5.74) is 8.18. The first-order valence-electron chi connectivity index (χ1n) is 36.7. The van der Waals surface area contributed by atoms with Crippen molar-refractivity contribution in [2.75, 3.05) is 266 Å². The number of benzene rings is 4. The van der Waals surface area contributed by atoms with Gasteiger partial charge in [0, 0.05) is 123 Å². The van der Waals surface area contributed by atoms with Crippen LogP contribution in [0.5, 0.6) is 46.0 Å². The van der Waals surface area contributed by atoms with Gasteiger partial charge in [-0.2, -0.15) is 0 Å². The van der Waals surface area contributed by atoms with E-state index in [0.29, 0.717) is 236 Å². The third-order valence-electron chi connectivity index (χ3n) is 18.1. The van der Waals surface area contributed by atoms with Crippen molar-refractivity contribution in [2.45, 2.75) is 75.0 Å². The number of methoxy groups -OCH3 is 4. The molecule has 0 saturated carbocycles. The van der Waals surface area contributed by atoms with Gasteiger partial charge in [0.15, 0.2) is 0 Å². The molecule has 4 heterocycles. The van der Waals surface area contributed by atoms with Gasteiger partial charge in [-0.25, -0.2) is 0 Å². The molecule has 0 aromatic heterocycles. The number of hydrogen-bond acceptors (Lipinski definition) is 24. The molecule has 5 aliphatic rings. The van der Waals surface area contributed by atoms with Crippen molar-refractivity contribution in [3.63, 3.8) is 0 Å². The summed E-state index contributed by atoms with van der Waals surface area (Å²) in [7, 11) is 6.65. The first kappa shape index (κ1) is 85.6. The number of hydrogen-bond donors (Lipinski definition) is 0. The summed E-state index contributed by atoms with van der Waals surface area (Å²) >= 11 is 9.93. The fourth-order valence-electron chi connectivity index (χ4n) is 13.2. The minimum atomic E-state index is -0.298. The first-order chi connectivity index (χ1) is 51.3. The molecule has 4 aromatic rings. The normalized spacial score (nSPS) is 17.2. The van der Waals surface area contributed by atoms with Gasteiger partial charge in [-0.05, 0) is 166 Å². The average molecular weight is 1910 g/mol. The summed E-state index contributed by atoms with van der Waals surface area (Å²) in [5, 5.41) is 0. The Labute approximate surface area is 668 Å². The van der Waals surface area contributed by atoms with Crippen LogP contribution in [0.3, 0.4) is 0 Å². The quantitative estimate of drug-likeness (QED) is 0.0296. The van der Waals surface area contributed by atoms with Crippen LogP contribution in [0.1, 0.15) is 120 Å². The van der Waals surface area contributed by atoms with Crippen LogP contribution in [0.2, 0.25) is 0 Å². The van der Waals surface area contributed by atoms with E-state index in [4.69, 9.17) is 114 Å². The lowest BCUT2D eigenvalue weighted by atomic mass is 9.76. The second kappa shape index (κ2) is 49.7. The molecule has 4 aromatic carbocycles. The summed E-state index contributed by atoms with van der Waals surface area (Å²) in [6.45, 7) is 15.6. The Balaban J connectivity index is 1.19. The minimum Gasteiger partial charge on any atom is -0.488 e. The molecule has 24 nitrogen and oxygen atoms in total. The topological polar surface area (TPSA) is 222 Å². The zero-order chi connectivity index (χ0) is 72.8. The van der Waals surface area contributed by atoms with Crippen molar-refractivity contribution in [3.8, 4) is 46.0 Å². The van der Waals surface area contributed by atoms with E-state index >= 15 is 0 Å². The largest absolute Gasteiger partial charge is 0.488 e. The van der Waals surface area contributed by atoms with E-state index in [9.17, 15) is 0 Å². The molecular weight excluding hydrogens is 1800 g/mol. The SMILES string of the molecule is COCCOCCOCCOCCCC1c2cc3c4c(I)c2OCCOc2c1cc1c(c2I)OCCOc2c(cc5c(c2I)OCCOc2c(cc(c(c2I)OCCO4)C3CCCOCCOCCOCCOC)C5CCCOCCOCCOCCOC)C1CCCOCCOCCOCCOC. The molecule has 0 amide bonds. The summed E-state index contributed by atoms with van der Waals surface area (Å²) in [6.07, 6.45) is 5.45. The predicted octanol–water partition coefficient (Wildman–Crippen LogP) is 11.9. The van der Waals surface area contributed by atoms with Gasteiger partial charge in [0.05, 0.1) is 173 Å². The van der Waals surface area contributed by atoms with E-state index in [1.807, 2.05) is 0 Å². The molecule has 0 spiro atoms. The maximum Gasteiger partial charge on any atom is 0.140 e. The van der Waals surface area contributed by atoms with E-state index in [1.54, 1.807) is 28.4 Å². The molecule has 28 heteroatoms. The van der Waals surface area contributed by atoms with E-state index in [0.717, 1.165) is 105 Å². The van der Waals surface area contributed by atoms with Gasteiger partial charge < -0.3 is 114 Å². The van der Waals surface area contributed by atoms with Gasteiger partial charge in [0.1, 0.15) is 98.9 Å². The summed E-state index contributed by atoms with van der Waals surface area (Å²) in [4.78, 5) is 0. The van der Waals surface area contributed by atoms with Crippen molar-refractivity contribution in [3.05, 3.63) is 83.1 Å².